The molecule has 100 valence electrons. The zero-order valence-electron chi connectivity index (χ0n) is 11.0. The van der Waals surface area contributed by atoms with Crippen LogP contribution in [0.15, 0.2) is 0 Å². The zero-order valence-corrected chi connectivity index (χ0v) is 11.0. The summed E-state index contributed by atoms with van der Waals surface area (Å²) in [4.78, 5) is 17.5. The van der Waals surface area contributed by atoms with Crippen molar-refractivity contribution in [3.05, 3.63) is 0 Å². The van der Waals surface area contributed by atoms with Crippen LogP contribution < -0.4 is 5.32 Å². The van der Waals surface area contributed by atoms with Crippen LogP contribution in [0.5, 0.6) is 0 Å². The number of amides is 1. The second-order valence-corrected chi connectivity index (χ2v) is 6.50. The van der Waals surface area contributed by atoms with Crippen LogP contribution in [-0.2, 0) is 4.79 Å². The molecule has 0 aromatic rings. The van der Waals surface area contributed by atoms with Gasteiger partial charge in [-0.15, -0.1) is 0 Å². The van der Waals surface area contributed by atoms with Gasteiger partial charge in [-0.3, -0.25) is 15.0 Å². The highest BCUT2D eigenvalue weighted by atomic mass is 16.2. The minimum atomic E-state index is -0.161. The lowest BCUT2D eigenvalue weighted by atomic mass is 9.96. The molecule has 1 N–H and O–H groups in total. The molecule has 1 spiro atoms. The second kappa shape index (κ2) is 3.94. The molecule has 3 saturated heterocycles. The summed E-state index contributed by atoms with van der Waals surface area (Å²) in [7, 11) is 0. The summed E-state index contributed by atoms with van der Waals surface area (Å²) in [6.45, 7) is 3.25. The van der Waals surface area contributed by atoms with E-state index in [1.807, 2.05) is 0 Å². The summed E-state index contributed by atoms with van der Waals surface area (Å²) in [5, 5.41) is 3.55. The number of hydrogen-bond donors (Lipinski definition) is 1. The molecule has 4 heteroatoms. The van der Waals surface area contributed by atoms with Gasteiger partial charge in [0.15, 0.2) is 0 Å². The number of rotatable bonds is 1. The van der Waals surface area contributed by atoms with Gasteiger partial charge >= 0.3 is 0 Å². The SMILES string of the molecule is O=C1N(C2CCN3CCCC23)CNC12CCCC2. The third-order valence-corrected chi connectivity index (χ3v) is 5.69. The number of nitrogens with zero attached hydrogens (tertiary/aromatic N) is 2. The Hall–Kier alpha value is -0.610. The molecule has 3 heterocycles. The fraction of sp³-hybridized carbons (Fsp3) is 0.929. The third-order valence-electron chi connectivity index (χ3n) is 5.69. The van der Waals surface area contributed by atoms with E-state index in [0.717, 1.165) is 19.5 Å². The van der Waals surface area contributed by atoms with Gasteiger partial charge < -0.3 is 4.90 Å². The molecule has 0 radical (unpaired) electrons. The van der Waals surface area contributed by atoms with Crippen molar-refractivity contribution in [2.45, 2.75) is 62.6 Å². The fourth-order valence-corrected chi connectivity index (χ4v) is 4.72. The molecule has 4 fully saturated rings. The van der Waals surface area contributed by atoms with Crippen molar-refractivity contribution in [2.75, 3.05) is 19.8 Å². The highest BCUT2D eigenvalue weighted by molar-refractivity contribution is 5.89. The molecule has 0 aromatic carbocycles. The average molecular weight is 249 g/mol. The van der Waals surface area contributed by atoms with Crippen molar-refractivity contribution >= 4 is 5.91 Å². The Balaban J connectivity index is 1.54. The molecular formula is C14H23N3O. The predicted molar refractivity (Wildman–Crippen MR) is 69.0 cm³/mol. The van der Waals surface area contributed by atoms with E-state index in [0.29, 0.717) is 18.0 Å². The third kappa shape index (κ3) is 1.42. The Labute approximate surface area is 109 Å². The van der Waals surface area contributed by atoms with Crippen molar-refractivity contribution in [1.82, 2.24) is 15.1 Å². The van der Waals surface area contributed by atoms with Crippen molar-refractivity contribution < 1.29 is 4.79 Å². The minimum Gasteiger partial charge on any atom is -0.324 e. The van der Waals surface area contributed by atoms with Crippen molar-refractivity contribution in [1.29, 1.82) is 0 Å². The minimum absolute atomic E-state index is 0.161. The molecule has 2 atom stereocenters. The molecule has 2 unspecified atom stereocenters. The normalized spacial score (nSPS) is 39.1. The van der Waals surface area contributed by atoms with E-state index in [1.54, 1.807) is 0 Å². The van der Waals surface area contributed by atoms with Crippen molar-refractivity contribution in [2.24, 2.45) is 0 Å². The Morgan fingerprint density at radius 3 is 2.72 bits per heavy atom. The summed E-state index contributed by atoms with van der Waals surface area (Å²) < 4.78 is 0. The van der Waals surface area contributed by atoms with E-state index in [4.69, 9.17) is 0 Å². The largest absolute Gasteiger partial charge is 0.324 e. The molecular weight excluding hydrogens is 226 g/mol. The number of nitrogens with one attached hydrogen (secondary N) is 1. The highest BCUT2D eigenvalue weighted by Crippen LogP contribution is 2.38. The second-order valence-electron chi connectivity index (χ2n) is 6.50. The summed E-state index contributed by atoms with van der Waals surface area (Å²) in [5.74, 6) is 0.416. The molecule has 3 aliphatic heterocycles. The van der Waals surface area contributed by atoms with Crippen LogP contribution in [0.2, 0.25) is 0 Å². The maximum atomic E-state index is 12.8. The van der Waals surface area contributed by atoms with Gasteiger partial charge in [0, 0.05) is 18.6 Å². The number of hydrogen-bond acceptors (Lipinski definition) is 3. The van der Waals surface area contributed by atoms with Crippen LogP contribution in [-0.4, -0.2) is 53.1 Å². The Kier molecular flexibility index (Phi) is 2.46. The smallest absolute Gasteiger partial charge is 0.244 e. The van der Waals surface area contributed by atoms with Crippen LogP contribution in [0.4, 0.5) is 0 Å². The van der Waals surface area contributed by atoms with E-state index >= 15 is 0 Å². The first-order chi connectivity index (χ1) is 8.80. The van der Waals surface area contributed by atoms with E-state index in [-0.39, 0.29) is 5.54 Å². The van der Waals surface area contributed by atoms with Gasteiger partial charge in [0.25, 0.3) is 0 Å². The zero-order chi connectivity index (χ0) is 12.2. The van der Waals surface area contributed by atoms with Crippen LogP contribution >= 0.6 is 0 Å². The van der Waals surface area contributed by atoms with Gasteiger partial charge in [0.2, 0.25) is 5.91 Å². The van der Waals surface area contributed by atoms with Crippen LogP contribution in [0, 0.1) is 0 Å². The summed E-state index contributed by atoms with van der Waals surface area (Å²) in [6, 6.07) is 1.15. The van der Waals surface area contributed by atoms with Crippen molar-refractivity contribution in [3.8, 4) is 0 Å². The van der Waals surface area contributed by atoms with Crippen molar-refractivity contribution in [3.63, 3.8) is 0 Å². The van der Waals surface area contributed by atoms with E-state index in [9.17, 15) is 4.79 Å². The molecule has 0 bridgehead atoms. The molecule has 0 aromatic heterocycles. The van der Waals surface area contributed by atoms with E-state index in [2.05, 4.69) is 15.1 Å². The fourth-order valence-electron chi connectivity index (χ4n) is 4.72. The van der Waals surface area contributed by atoms with E-state index < -0.39 is 0 Å². The number of carbonyl (C=O) groups is 1. The van der Waals surface area contributed by atoms with Crippen LogP contribution in [0.1, 0.15) is 44.9 Å². The van der Waals surface area contributed by atoms with Gasteiger partial charge in [-0.2, -0.15) is 0 Å². The van der Waals surface area contributed by atoms with Gasteiger partial charge in [-0.05, 0) is 38.6 Å². The number of carbonyl (C=O) groups excluding carboxylic acids is 1. The molecule has 4 nitrogen and oxygen atoms in total. The monoisotopic (exact) mass is 249 g/mol. The molecule has 1 saturated carbocycles. The number of fused-ring (bicyclic) bond motifs is 1. The lowest BCUT2D eigenvalue weighted by Gasteiger charge is -2.30. The lowest BCUT2D eigenvalue weighted by molar-refractivity contribution is -0.134. The standard InChI is InChI=1S/C14H23N3O/c18-13-14(6-1-2-7-14)15-10-17(13)12-5-9-16-8-3-4-11(12)16/h11-12,15H,1-10H2. The first-order valence-corrected chi connectivity index (χ1v) is 7.60. The van der Waals surface area contributed by atoms with Gasteiger partial charge in [0.1, 0.15) is 0 Å². The van der Waals surface area contributed by atoms with Crippen LogP contribution in [0.3, 0.4) is 0 Å². The Bertz CT molecular complexity index is 364. The molecule has 1 aliphatic carbocycles. The summed E-state index contributed by atoms with van der Waals surface area (Å²) >= 11 is 0. The molecule has 1 amide bonds. The maximum absolute atomic E-state index is 12.8. The lowest BCUT2D eigenvalue weighted by Crippen LogP contribution is -2.48. The highest BCUT2D eigenvalue weighted by Gasteiger charge is 2.52. The molecule has 18 heavy (non-hydrogen) atoms. The Morgan fingerprint density at radius 1 is 1.06 bits per heavy atom. The Morgan fingerprint density at radius 2 is 1.89 bits per heavy atom. The predicted octanol–water partition coefficient (Wildman–Crippen LogP) is 0.925. The van der Waals surface area contributed by atoms with Gasteiger partial charge in [-0.25, -0.2) is 0 Å². The average Bonchev–Trinajstić information content (AvgIpc) is 3.08. The van der Waals surface area contributed by atoms with Gasteiger partial charge in [-0.1, -0.05) is 12.8 Å². The molecule has 4 aliphatic rings. The summed E-state index contributed by atoms with van der Waals surface area (Å²) in [5.41, 5.74) is -0.161. The molecule has 4 rings (SSSR count). The maximum Gasteiger partial charge on any atom is 0.244 e. The topological polar surface area (TPSA) is 35.6 Å². The van der Waals surface area contributed by atoms with E-state index in [1.165, 1.54) is 45.2 Å². The first kappa shape index (κ1) is 11.2. The van der Waals surface area contributed by atoms with Crippen LogP contribution in [0.25, 0.3) is 0 Å². The van der Waals surface area contributed by atoms with Gasteiger partial charge in [0.05, 0.1) is 12.2 Å². The first-order valence-electron chi connectivity index (χ1n) is 7.60. The quantitative estimate of drug-likeness (QED) is 0.751. The summed E-state index contributed by atoms with van der Waals surface area (Å²) in [6.07, 6.45) is 8.35.